The van der Waals surface area contributed by atoms with Crippen molar-refractivity contribution in [2.75, 3.05) is 33.1 Å². The molecule has 3 N–H and O–H groups in total. The van der Waals surface area contributed by atoms with Gasteiger partial charge in [0.05, 0.1) is 19.8 Å². The quantitative estimate of drug-likeness (QED) is 0.492. The molecular weight excluding hydrogens is 272 g/mol. The Morgan fingerprint density at radius 1 is 1.21 bits per heavy atom. The lowest BCUT2D eigenvalue weighted by Crippen LogP contribution is -2.39. The predicted octanol–water partition coefficient (Wildman–Crippen LogP) is 0.984. The molecule has 0 aliphatic heterocycles. The van der Waals surface area contributed by atoms with E-state index in [-0.39, 0.29) is 26.0 Å². The average Bonchev–Trinajstić information content (AvgIpc) is 2.41. The fourth-order valence-corrected chi connectivity index (χ4v) is 1.31. The normalized spacial score (nSPS) is 10.0. The van der Waals surface area contributed by atoms with E-state index in [1.807, 2.05) is 0 Å². The Morgan fingerprint density at radius 3 is 2.63 bits per heavy atom. The van der Waals surface area contributed by atoms with Gasteiger partial charge in [-0.2, -0.15) is 0 Å². The third kappa shape index (κ3) is 7.50. The molecule has 19 heavy (non-hydrogen) atoms. The van der Waals surface area contributed by atoms with Crippen LogP contribution in [0, 0.1) is 0 Å². The number of aliphatic hydroxyl groups excluding tert-OH is 1. The zero-order valence-electron chi connectivity index (χ0n) is 10.4. The third-order valence-corrected chi connectivity index (χ3v) is 2.30. The Morgan fingerprint density at radius 2 is 1.95 bits per heavy atom. The van der Waals surface area contributed by atoms with E-state index in [0.29, 0.717) is 23.9 Å². The average molecular weight is 289 g/mol. The summed E-state index contributed by atoms with van der Waals surface area (Å²) in [6, 6.07) is 6.49. The zero-order valence-corrected chi connectivity index (χ0v) is 11.2. The standard InChI is InChI=1S/C12H17ClN2O4/c13-10-1-3-11(4-2-10)19-9-15-12(17)14-5-7-18-8-6-16/h1-4,16H,5-9H2,(H2,14,15,17). The van der Waals surface area contributed by atoms with Crippen molar-refractivity contribution < 1.29 is 19.4 Å². The molecule has 0 aliphatic rings. The van der Waals surface area contributed by atoms with Crippen molar-refractivity contribution in [1.82, 2.24) is 10.6 Å². The molecule has 1 rings (SSSR count). The van der Waals surface area contributed by atoms with E-state index in [2.05, 4.69) is 10.6 Å². The van der Waals surface area contributed by atoms with Crippen LogP contribution in [0.15, 0.2) is 24.3 Å². The van der Waals surface area contributed by atoms with Gasteiger partial charge in [-0.25, -0.2) is 4.79 Å². The number of nitrogens with one attached hydrogen (secondary N) is 2. The second-order valence-electron chi connectivity index (χ2n) is 3.51. The number of hydrogen-bond donors (Lipinski definition) is 3. The van der Waals surface area contributed by atoms with Crippen molar-refractivity contribution in [3.05, 3.63) is 29.3 Å². The number of benzene rings is 1. The molecule has 0 saturated carbocycles. The summed E-state index contributed by atoms with van der Waals surface area (Å²) in [7, 11) is 0. The monoisotopic (exact) mass is 288 g/mol. The number of hydrogen-bond acceptors (Lipinski definition) is 4. The van der Waals surface area contributed by atoms with Crippen LogP contribution in [-0.4, -0.2) is 44.2 Å². The van der Waals surface area contributed by atoms with E-state index in [1.54, 1.807) is 24.3 Å². The fraction of sp³-hybridized carbons (Fsp3) is 0.417. The summed E-state index contributed by atoms with van der Waals surface area (Å²) in [4.78, 5) is 11.3. The number of carbonyl (C=O) groups excluding carboxylic acids is 1. The second-order valence-corrected chi connectivity index (χ2v) is 3.95. The second kappa shape index (κ2) is 9.43. The molecule has 0 bridgehead atoms. The lowest BCUT2D eigenvalue weighted by Gasteiger charge is -2.09. The largest absolute Gasteiger partial charge is 0.473 e. The Kier molecular flexibility index (Phi) is 7.72. The lowest BCUT2D eigenvalue weighted by atomic mass is 10.3. The molecule has 7 heteroatoms. The fourth-order valence-electron chi connectivity index (χ4n) is 1.18. The summed E-state index contributed by atoms with van der Waals surface area (Å²) >= 11 is 5.73. The van der Waals surface area contributed by atoms with Crippen molar-refractivity contribution in [1.29, 1.82) is 0 Å². The maximum atomic E-state index is 11.3. The summed E-state index contributed by atoms with van der Waals surface area (Å²) in [6.07, 6.45) is 0. The summed E-state index contributed by atoms with van der Waals surface area (Å²) in [6.45, 7) is 1.02. The number of aliphatic hydroxyl groups is 1. The summed E-state index contributed by atoms with van der Waals surface area (Å²) in [5.74, 6) is 0.621. The van der Waals surface area contributed by atoms with Crippen LogP contribution in [0.4, 0.5) is 4.79 Å². The van der Waals surface area contributed by atoms with Gasteiger partial charge >= 0.3 is 6.03 Å². The minimum absolute atomic E-state index is 0.0267. The number of carbonyl (C=O) groups is 1. The highest BCUT2D eigenvalue weighted by atomic mass is 35.5. The summed E-state index contributed by atoms with van der Waals surface area (Å²) in [5.41, 5.74) is 0. The van der Waals surface area contributed by atoms with Crippen LogP contribution in [0.2, 0.25) is 5.02 Å². The number of urea groups is 1. The molecule has 0 spiro atoms. The Balaban J connectivity index is 2.05. The first-order chi connectivity index (χ1) is 9.22. The van der Waals surface area contributed by atoms with Crippen LogP contribution < -0.4 is 15.4 Å². The van der Waals surface area contributed by atoms with E-state index in [0.717, 1.165) is 0 Å². The molecule has 6 nitrogen and oxygen atoms in total. The van der Waals surface area contributed by atoms with Gasteiger partial charge in [-0.05, 0) is 24.3 Å². The molecule has 0 radical (unpaired) electrons. The molecule has 0 aliphatic carbocycles. The van der Waals surface area contributed by atoms with Gasteiger partial charge in [-0.1, -0.05) is 11.6 Å². The van der Waals surface area contributed by atoms with E-state index in [4.69, 9.17) is 26.2 Å². The number of amides is 2. The molecule has 0 saturated heterocycles. The Hall–Kier alpha value is -1.50. The van der Waals surface area contributed by atoms with E-state index in [1.165, 1.54) is 0 Å². The van der Waals surface area contributed by atoms with Crippen LogP contribution in [0.25, 0.3) is 0 Å². The number of rotatable bonds is 8. The molecule has 1 aromatic rings. The van der Waals surface area contributed by atoms with Crippen LogP contribution in [-0.2, 0) is 4.74 Å². The first kappa shape index (κ1) is 15.6. The highest BCUT2D eigenvalue weighted by Gasteiger charge is 1.99. The van der Waals surface area contributed by atoms with E-state index in [9.17, 15) is 4.79 Å². The van der Waals surface area contributed by atoms with Crippen LogP contribution in [0.3, 0.4) is 0 Å². The van der Waals surface area contributed by atoms with Gasteiger partial charge in [0.25, 0.3) is 0 Å². The third-order valence-electron chi connectivity index (χ3n) is 2.05. The lowest BCUT2D eigenvalue weighted by molar-refractivity contribution is 0.0945. The van der Waals surface area contributed by atoms with Crippen molar-refractivity contribution in [3.8, 4) is 5.75 Å². The zero-order chi connectivity index (χ0) is 13.9. The van der Waals surface area contributed by atoms with Gasteiger partial charge in [0.1, 0.15) is 5.75 Å². The highest BCUT2D eigenvalue weighted by Crippen LogP contribution is 2.14. The number of ether oxygens (including phenoxy) is 2. The molecule has 0 atom stereocenters. The Bertz CT molecular complexity index is 372. The SMILES string of the molecule is O=C(NCCOCCO)NCOc1ccc(Cl)cc1. The molecule has 106 valence electrons. The maximum absolute atomic E-state index is 11.3. The molecule has 0 unspecified atom stereocenters. The van der Waals surface area contributed by atoms with E-state index >= 15 is 0 Å². The van der Waals surface area contributed by atoms with Gasteiger partial charge < -0.3 is 25.2 Å². The molecule has 1 aromatic carbocycles. The number of halogens is 1. The van der Waals surface area contributed by atoms with Gasteiger partial charge in [0.2, 0.25) is 0 Å². The van der Waals surface area contributed by atoms with Crippen molar-refractivity contribution >= 4 is 17.6 Å². The molecule has 2 amide bonds. The molecular formula is C12H17ClN2O4. The Labute approximate surface area is 116 Å². The van der Waals surface area contributed by atoms with Crippen molar-refractivity contribution in [2.45, 2.75) is 0 Å². The molecule has 0 heterocycles. The van der Waals surface area contributed by atoms with Crippen LogP contribution in [0.1, 0.15) is 0 Å². The molecule has 0 fully saturated rings. The van der Waals surface area contributed by atoms with Gasteiger partial charge in [-0.15, -0.1) is 0 Å². The molecule has 0 aromatic heterocycles. The summed E-state index contributed by atoms with van der Waals surface area (Å²) in [5, 5.41) is 14.2. The predicted molar refractivity (Wildman–Crippen MR) is 71.4 cm³/mol. The van der Waals surface area contributed by atoms with Gasteiger partial charge in [-0.3, -0.25) is 0 Å². The van der Waals surface area contributed by atoms with Crippen LogP contribution >= 0.6 is 11.6 Å². The highest BCUT2D eigenvalue weighted by molar-refractivity contribution is 6.30. The van der Waals surface area contributed by atoms with Crippen molar-refractivity contribution in [3.63, 3.8) is 0 Å². The minimum atomic E-state index is -0.346. The van der Waals surface area contributed by atoms with Gasteiger partial charge in [0, 0.05) is 11.6 Å². The topological polar surface area (TPSA) is 79.8 Å². The van der Waals surface area contributed by atoms with Crippen molar-refractivity contribution in [2.24, 2.45) is 0 Å². The van der Waals surface area contributed by atoms with E-state index < -0.39 is 0 Å². The summed E-state index contributed by atoms with van der Waals surface area (Å²) < 4.78 is 10.3. The first-order valence-electron chi connectivity index (χ1n) is 5.81. The smallest absolute Gasteiger partial charge is 0.317 e. The first-order valence-corrected chi connectivity index (χ1v) is 6.19. The van der Waals surface area contributed by atoms with Gasteiger partial charge in [0.15, 0.2) is 6.73 Å². The minimum Gasteiger partial charge on any atom is -0.473 e. The van der Waals surface area contributed by atoms with Crippen LogP contribution in [0.5, 0.6) is 5.75 Å². The maximum Gasteiger partial charge on any atom is 0.317 e.